The summed E-state index contributed by atoms with van der Waals surface area (Å²) in [5.41, 5.74) is 4.15. The molecule has 102 valence electrons. The maximum Gasteiger partial charge on any atom is 0.0414 e. The van der Waals surface area contributed by atoms with Crippen LogP contribution in [0.1, 0.15) is 49.7 Å². The predicted molar refractivity (Wildman–Crippen MR) is 85.7 cm³/mol. The molecular weight excluding hydrogens is 242 g/mol. The van der Waals surface area contributed by atoms with Gasteiger partial charge in [-0.25, -0.2) is 0 Å². The molecule has 0 saturated heterocycles. The van der Waals surface area contributed by atoms with Crippen molar-refractivity contribution in [2.24, 2.45) is 0 Å². The normalized spacial score (nSPS) is 28.6. The molecule has 0 aromatic heterocycles. The van der Waals surface area contributed by atoms with Gasteiger partial charge in [0.05, 0.1) is 0 Å². The van der Waals surface area contributed by atoms with Crippen molar-refractivity contribution in [2.45, 2.75) is 44.1 Å². The van der Waals surface area contributed by atoms with Gasteiger partial charge in [-0.1, -0.05) is 55.8 Å². The minimum atomic E-state index is 0.187. The van der Waals surface area contributed by atoms with E-state index in [4.69, 9.17) is 0 Å². The van der Waals surface area contributed by atoms with Crippen LogP contribution in [0.25, 0.3) is 16.5 Å². The topological polar surface area (TPSA) is 12.0 Å². The van der Waals surface area contributed by atoms with Gasteiger partial charge in [-0.15, -0.1) is 0 Å². The minimum absolute atomic E-state index is 0.187. The summed E-state index contributed by atoms with van der Waals surface area (Å²) in [4.78, 5) is 0. The van der Waals surface area contributed by atoms with Crippen molar-refractivity contribution in [2.75, 3.05) is 0 Å². The second kappa shape index (κ2) is 4.12. The van der Waals surface area contributed by atoms with E-state index < -0.39 is 0 Å². The fraction of sp³-hybridized carbons (Fsp3) is 0.368. The third kappa shape index (κ3) is 1.56. The Labute approximate surface area is 120 Å². The van der Waals surface area contributed by atoms with Gasteiger partial charge in [0, 0.05) is 22.7 Å². The van der Waals surface area contributed by atoms with Gasteiger partial charge in [-0.05, 0) is 36.1 Å². The lowest BCUT2D eigenvalue weighted by molar-refractivity contribution is 0.236. The zero-order valence-electron chi connectivity index (χ0n) is 12.1. The van der Waals surface area contributed by atoms with Crippen LogP contribution >= 0.6 is 0 Å². The van der Waals surface area contributed by atoms with E-state index in [1.54, 1.807) is 0 Å². The van der Waals surface area contributed by atoms with Crippen molar-refractivity contribution in [1.82, 2.24) is 5.32 Å². The molecule has 2 atom stereocenters. The van der Waals surface area contributed by atoms with Gasteiger partial charge in [0.2, 0.25) is 0 Å². The highest BCUT2D eigenvalue weighted by molar-refractivity contribution is 5.91. The van der Waals surface area contributed by atoms with Crippen molar-refractivity contribution < 1.29 is 0 Å². The standard InChI is InChI=1S/C19H21N/c1-13-15-11-10-14-7-3-4-8-16(14)18(15)17-9-5-6-12-19(17,2)20-13/h3-4,7-8,10-11,17,20H,1,5-6,9,12H2,2H3. The van der Waals surface area contributed by atoms with Gasteiger partial charge in [-0.2, -0.15) is 0 Å². The first-order valence-corrected chi connectivity index (χ1v) is 7.68. The van der Waals surface area contributed by atoms with E-state index >= 15 is 0 Å². The lowest BCUT2D eigenvalue weighted by Crippen LogP contribution is -2.51. The lowest BCUT2D eigenvalue weighted by Gasteiger charge is -2.48. The summed E-state index contributed by atoms with van der Waals surface area (Å²) in [6, 6.07) is 13.3. The Kier molecular flexibility index (Phi) is 2.47. The summed E-state index contributed by atoms with van der Waals surface area (Å²) < 4.78 is 0. The first-order valence-electron chi connectivity index (χ1n) is 7.68. The first-order chi connectivity index (χ1) is 9.69. The Morgan fingerprint density at radius 3 is 2.90 bits per heavy atom. The Bertz CT molecular complexity index is 700. The highest BCUT2D eigenvalue weighted by Gasteiger charge is 2.42. The van der Waals surface area contributed by atoms with Crippen LogP contribution in [-0.2, 0) is 0 Å². The van der Waals surface area contributed by atoms with Crippen LogP contribution in [0.4, 0.5) is 0 Å². The monoisotopic (exact) mass is 263 g/mol. The van der Waals surface area contributed by atoms with E-state index in [1.807, 2.05) is 0 Å². The molecule has 0 bridgehead atoms. The van der Waals surface area contributed by atoms with Crippen LogP contribution in [0.2, 0.25) is 0 Å². The molecule has 0 amide bonds. The summed E-state index contributed by atoms with van der Waals surface area (Å²) in [5.74, 6) is 0.614. The van der Waals surface area contributed by atoms with Crippen LogP contribution in [0.3, 0.4) is 0 Å². The molecule has 1 nitrogen and oxygen atoms in total. The largest absolute Gasteiger partial charge is 0.379 e. The molecule has 1 saturated carbocycles. The molecule has 1 N–H and O–H groups in total. The highest BCUT2D eigenvalue weighted by Crippen LogP contribution is 2.49. The molecule has 1 aliphatic carbocycles. The van der Waals surface area contributed by atoms with Crippen molar-refractivity contribution in [3.63, 3.8) is 0 Å². The zero-order chi connectivity index (χ0) is 13.7. The van der Waals surface area contributed by atoms with Crippen molar-refractivity contribution in [3.8, 4) is 0 Å². The third-order valence-corrected chi connectivity index (χ3v) is 5.29. The quantitative estimate of drug-likeness (QED) is 0.718. The van der Waals surface area contributed by atoms with E-state index in [1.165, 1.54) is 47.6 Å². The van der Waals surface area contributed by atoms with Crippen LogP contribution in [0, 0.1) is 0 Å². The lowest BCUT2D eigenvalue weighted by atomic mass is 9.66. The van der Waals surface area contributed by atoms with Crippen LogP contribution in [0.5, 0.6) is 0 Å². The average Bonchev–Trinajstić information content (AvgIpc) is 2.46. The number of fused-ring (bicyclic) bond motifs is 5. The van der Waals surface area contributed by atoms with Crippen LogP contribution < -0.4 is 5.32 Å². The fourth-order valence-electron chi connectivity index (χ4n) is 4.29. The molecule has 1 aliphatic heterocycles. The molecule has 20 heavy (non-hydrogen) atoms. The molecule has 1 heterocycles. The van der Waals surface area contributed by atoms with Gasteiger partial charge >= 0.3 is 0 Å². The molecule has 1 heteroatoms. The third-order valence-electron chi connectivity index (χ3n) is 5.29. The number of hydrogen-bond donors (Lipinski definition) is 1. The van der Waals surface area contributed by atoms with E-state index in [0.29, 0.717) is 5.92 Å². The Morgan fingerprint density at radius 1 is 1.15 bits per heavy atom. The van der Waals surface area contributed by atoms with Gasteiger partial charge in [0.15, 0.2) is 0 Å². The second-order valence-electron chi connectivity index (χ2n) is 6.57. The molecular formula is C19H21N. The smallest absolute Gasteiger partial charge is 0.0414 e. The zero-order valence-corrected chi connectivity index (χ0v) is 12.1. The van der Waals surface area contributed by atoms with Gasteiger partial charge in [-0.3, -0.25) is 0 Å². The first kappa shape index (κ1) is 12.0. The molecule has 2 unspecified atom stereocenters. The van der Waals surface area contributed by atoms with Crippen LogP contribution in [-0.4, -0.2) is 5.54 Å². The summed E-state index contributed by atoms with van der Waals surface area (Å²) in [6.45, 7) is 6.67. The molecule has 2 aromatic carbocycles. The van der Waals surface area contributed by atoms with Gasteiger partial charge in [0.25, 0.3) is 0 Å². The van der Waals surface area contributed by atoms with Crippen LogP contribution in [0.15, 0.2) is 43.0 Å². The fourth-order valence-corrected chi connectivity index (χ4v) is 4.29. The minimum Gasteiger partial charge on any atom is -0.379 e. The molecule has 2 aromatic rings. The van der Waals surface area contributed by atoms with E-state index in [0.717, 1.165) is 5.70 Å². The number of rotatable bonds is 0. The van der Waals surface area contributed by atoms with Gasteiger partial charge in [0.1, 0.15) is 0 Å². The second-order valence-corrected chi connectivity index (χ2v) is 6.57. The summed E-state index contributed by atoms with van der Waals surface area (Å²) in [6.07, 6.45) is 5.21. The SMILES string of the molecule is C=C1NC2(C)CCCCC2c2c1ccc1ccccc21. The molecule has 0 radical (unpaired) electrons. The molecule has 1 fully saturated rings. The Morgan fingerprint density at radius 2 is 2.00 bits per heavy atom. The predicted octanol–water partition coefficient (Wildman–Crippen LogP) is 4.83. The Balaban J connectivity index is 2.03. The summed E-state index contributed by atoms with van der Waals surface area (Å²) in [5, 5.41) is 6.50. The maximum absolute atomic E-state index is 4.29. The number of benzene rings is 2. The van der Waals surface area contributed by atoms with Gasteiger partial charge < -0.3 is 5.32 Å². The Hall–Kier alpha value is -1.76. The van der Waals surface area contributed by atoms with Crippen molar-refractivity contribution in [1.29, 1.82) is 0 Å². The van der Waals surface area contributed by atoms with E-state index in [2.05, 4.69) is 55.2 Å². The van der Waals surface area contributed by atoms with E-state index in [-0.39, 0.29) is 5.54 Å². The highest BCUT2D eigenvalue weighted by atomic mass is 15.0. The number of hydrogen-bond acceptors (Lipinski definition) is 1. The molecule has 2 aliphatic rings. The van der Waals surface area contributed by atoms with E-state index in [9.17, 15) is 0 Å². The van der Waals surface area contributed by atoms with Crippen molar-refractivity contribution >= 4 is 16.5 Å². The molecule has 4 rings (SSSR count). The summed E-state index contributed by atoms with van der Waals surface area (Å²) >= 11 is 0. The summed E-state index contributed by atoms with van der Waals surface area (Å²) in [7, 11) is 0. The average molecular weight is 263 g/mol. The maximum atomic E-state index is 4.29. The number of nitrogens with one attached hydrogen (secondary N) is 1. The van der Waals surface area contributed by atoms with Crippen molar-refractivity contribution in [3.05, 3.63) is 54.1 Å². The molecule has 0 spiro atoms.